The fourth-order valence-electron chi connectivity index (χ4n) is 4.90. The van der Waals surface area contributed by atoms with Crippen LogP contribution in [-0.2, 0) is 20.4 Å². The fourth-order valence-corrected chi connectivity index (χ4v) is 5.88. The summed E-state index contributed by atoms with van der Waals surface area (Å²) in [5, 5.41) is 5.10. The molecule has 2 N–H and O–H groups in total. The first kappa shape index (κ1) is 34.6. The van der Waals surface area contributed by atoms with E-state index < -0.39 is 6.10 Å². The molecule has 1 aliphatic heterocycles. The topological polar surface area (TPSA) is 83.0 Å². The fraction of sp³-hybridized carbons (Fsp3) is 0.400. The number of carbonyl (C=O) groups is 2. The van der Waals surface area contributed by atoms with Crippen LogP contribution in [0.25, 0.3) is 0 Å². The number of amidine groups is 1. The number of aliphatic imine (C=N–C) groups is 1. The van der Waals surface area contributed by atoms with Crippen LogP contribution in [0.2, 0.25) is 15.1 Å². The zero-order valence-electron chi connectivity index (χ0n) is 26.9. The Bertz CT molecular complexity index is 1580. The molecule has 1 saturated heterocycles. The van der Waals surface area contributed by atoms with Crippen LogP contribution in [0.1, 0.15) is 85.3 Å². The van der Waals surface area contributed by atoms with E-state index in [0.29, 0.717) is 34.3 Å². The van der Waals surface area contributed by atoms with Gasteiger partial charge in [-0.3, -0.25) is 15.0 Å². The lowest BCUT2D eigenvalue weighted by atomic mass is 9.76. The summed E-state index contributed by atoms with van der Waals surface area (Å²) in [6, 6.07) is 16.5. The van der Waals surface area contributed by atoms with Crippen molar-refractivity contribution in [3.63, 3.8) is 0 Å². The Morgan fingerprint density at radius 2 is 1.58 bits per heavy atom. The second kappa shape index (κ2) is 14.0. The predicted molar refractivity (Wildman–Crippen MR) is 187 cm³/mol. The molecule has 0 saturated carbocycles. The molecule has 1 heterocycles. The van der Waals surface area contributed by atoms with Gasteiger partial charge in [0.15, 0.2) is 6.10 Å². The maximum Gasteiger partial charge on any atom is 0.265 e. The molecule has 0 spiro atoms. The summed E-state index contributed by atoms with van der Waals surface area (Å²) < 4.78 is 6.41. The van der Waals surface area contributed by atoms with Crippen LogP contribution in [0.3, 0.4) is 0 Å². The molecule has 3 aromatic rings. The van der Waals surface area contributed by atoms with Gasteiger partial charge in [0.1, 0.15) is 17.3 Å². The third-order valence-electron chi connectivity index (χ3n) is 8.60. The number of nitrogens with one attached hydrogen (secondary N) is 2. The summed E-state index contributed by atoms with van der Waals surface area (Å²) in [5.41, 5.74) is 6.78. The van der Waals surface area contributed by atoms with E-state index in [-0.39, 0.29) is 39.1 Å². The Morgan fingerprint density at radius 1 is 0.956 bits per heavy atom. The van der Waals surface area contributed by atoms with Crippen molar-refractivity contribution in [1.29, 1.82) is 0 Å². The van der Waals surface area contributed by atoms with Crippen molar-refractivity contribution in [1.82, 2.24) is 5.43 Å². The molecule has 4 rings (SSSR count). The summed E-state index contributed by atoms with van der Waals surface area (Å²) in [7, 11) is 0. The number of ether oxygens (including phenoxy) is 1. The minimum Gasteiger partial charge on any atom is -0.480 e. The van der Waals surface area contributed by atoms with Gasteiger partial charge in [0.05, 0.1) is 22.2 Å². The zero-order chi connectivity index (χ0) is 33.1. The number of anilines is 2. The minimum atomic E-state index is -0.674. The Kier molecular flexibility index (Phi) is 10.8. The van der Waals surface area contributed by atoms with Crippen LogP contribution in [0.5, 0.6) is 5.75 Å². The molecular weight excluding hydrogens is 631 g/mol. The molecule has 1 unspecified atom stereocenters. The summed E-state index contributed by atoms with van der Waals surface area (Å²) >= 11 is 18.6. The van der Waals surface area contributed by atoms with E-state index in [1.807, 2.05) is 13.0 Å². The van der Waals surface area contributed by atoms with E-state index in [1.54, 1.807) is 24.3 Å². The van der Waals surface area contributed by atoms with Crippen molar-refractivity contribution in [3.05, 3.63) is 80.8 Å². The Hall–Kier alpha value is -3.26. The van der Waals surface area contributed by atoms with E-state index in [9.17, 15) is 9.59 Å². The first-order chi connectivity index (χ1) is 21.2. The highest BCUT2D eigenvalue weighted by Gasteiger charge is 2.31. The highest BCUT2D eigenvalue weighted by molar-refractivity contribution is 6.42. The highest BCUT2D eigenvalue weighted by Crippen LogP contribution is 2.40. The van der Waals surface area contributed by atoms with Crippen LogP contribution in [0.4, 0.5) is 17.1 Å². The predicted octanol–water partition coefficient (Wildman–Crippen LogP) is 9.79. The van der Waals surface area contributed by atoms with Gasteiger partial charge in [-0.15, -0.1) is 0 Å². The maximum absolute atomic E-state index is 13.4. The van der Waals surface area contributed by atoms with E-state index in [4.69, 9.17) is 39.5 Å². The average molecular weight is 672 g/mol. The second-order valence-electron chi connectivity index (χ2n) is 12.5. The number of rotatable bonds is 11. The second-order valence-corrected chi connectivity index (χ2v) is 13.8. The zero-order valence-corrected chi connectivity index (χ0v) is 29.1. The molecule has 1 aliphatic rings. The summed E-state index contributed by atoms with van der Waals surface area (Å²) in [6.45, 7) is 15.2. The molecule has 0 aromatic heterocycles. The molecular formula is C35H41Cl3N4O3. The molecule has 10 heteroatoms. The van der Waals surface area contributed by atoms with Gasteiger partial charge in [0.2, 0.25) is 0 Å². The molecule has 3 aromatic carbocycles. The molecule has 7 nitrogen and oxygen atoms in total. The SMILES string of the molecule is CCC(Oc1ccc(C(C)(C)CC)cc1C(C)(C)CC)C(=O)Nc1ccc(N=C2CC(=O)N(c3c(Cl)cc(Cl)cc3Cl)N2)cc1. The van der Waals surface area contributed by atoms with Gasteiger partial charge in [0, 0.05) is 16.3 Å². The minimum absolute atomic E-state index is 0.0382. The van der Waals surface area contributed by atoms with Crippen LogP contribution in [0.15, 0.2) is 59.6 Å². The normalized spacial score (nSPS) is 15.3. The number of hydrogen-bond acceptors (Lipinski definition) is 4. The number of hydrogen-bond donors (Lipinski definition) is 2. The van der Waals surface area contributed by atoms with Crippen molar-refractivity contribution < 1.29 is 14.3 Å². The van der Waals surface area contributed by atoms with E-state index in [2.05, 4.69) is 69.4 Å². The number of nitrogens with zero attached hydrogens (tertiary/aromatic N) is 2. The Morgan fingerprint density at radius 3 is 2.16 bits per heavy atom. The monoisotopic (exact) mass is 670 g/mol. The highest BCUT2D eigenvalue weighted by atomic mass is 35.5. The van der Waals surface area contributed by atoms with Crippen LogP contribution >= 0.6 is 34.8 Å². The summed E-state index contributed by atoms with van der Waals surface area (Å²) in [5.74, 6) is 0.672. The first-order valence-electron chi connectivity index (χ1n) is 15.2. The summed E-state index contributed by atoms with van der Waals surface area (Å²) in [4.78, 5) is 30.6. The standard InChI is InChI=1S/C35H41Cl3N4O3/c1-8-28(45-29-16-11-21(34(4,5)9-2)17-25(29)35(6,7)10-3)33(44)40-24-14-12-23(13-15-24)39-30-20-31(43)42(41-30)32-26(37)18-22(36)19-27(32)38/h11-19,28H,8-10,20H2,1-7H3,(H,39,41)(H,40,44). The number of carbonyl (C=O) groups excluding carboxylic acids is 2. The molecule has 0 radical (unpaired) electrons. The van der Waals surface area contributed by atoms with E-state index >= 15 is 0 Å². The van der Waals surface area contributed by atoms with Crippen LogP contribution in [0, 0.1) is 0 Å². The quantitative estimate of drug-likeness (QED) is 0.213. The van der Waals surface area contributed by atoms with Crippen molar-refractivity contribution in [2.24, 2.45) is 4.99 Å². The Labute approximate surface area is 281 Å². The van der Waals surface area contributed by atoms with Crippen LogP contribution in [-0.4, -0.2) is 23.8 Å². The summed E-state index contributed by atoms with van der Waals surface area (Å²) in [6.07, 6.45) is 1.82. The van der Waals surface area contributed by atoms with Crippen molar-refractivity contribution in [3.8, 4) is 5.75 Å². The average Bonchev–Trinajstić information content (AvgIpc) is 3.34. The van der Waals surface area contributed by atoms with Gasteiger partial charge in [-0.25, -0.2) is 10.0 Å². The lowest BCUT2D eigenvalue weighted by molar-refractivity contribution is -0.123. The smallest absolute Gasteiger partial charge is 0.265 e. The van der Waals surface area contributed by atoms with Gasteiger partial charge in [-0.05, 0) is 78.1 Å². The van der Waals surface area contributed by atoms with Crippen molar-refractivity contribution >= 4 is 69.5 Å². The van der Waals surface area contributed by atoms with Gasteiger partial charge in [-0.1, -0.05) is 95.4 Å². The molecule has 2 amide bonds. The van der Waals surface area contributed by atoms with Gasteiger partial charge < -0.3 is 10.1 Å². The first-order valence-corrected chi connectivity index (χ1v) is 16.4. The van der Waals surface area contributed by atoms with E-state index in [1.165, 1.54) is 22.7 Å². The molecule has 0 bridgehead atoms. The maximum atomic E-state index is 13.4. The van der Waals surface area contributed by atoms with Gasteiger partial charge >= 0.3 is 0 Å². The lowest BCUT2D eigenvalue weighted by Gasteiger charge is -2.31. The number of halogens is 3. The Balaban J connectivity index is 1.46. The third-order valence-corrected chi connectivity index (χ3v) is 9.40. The van der Waals surface area contributed by atoms with Crippen molar-refractivity contribution in [2.75, 3.05) is 10.3 Å². The lowest BCUT2D eigenvalue weighted by Crippen LogP contribution is -2.36. The molecule has 1 fully saturated rings. The molecule has 240 valence electrons. The molecule has 1 atom stereocenters. The van der Waals surface area contributed by atoms with Gasteiger partial charge in [-0.2, -0.15) is 0 Å². The largest absolute Gasteiger partial charge is 0.480 e. The number of amides is 2. The molecule has 0 aliphatic carbocycles. The van der Waals surface area contributed by atoms with E-state index in [0.717, 1.165) is 24.2 Å². The van der Waals surface area contributed by atoms with Crippen molar-refractivity contribution in [2.45, 2.75) is 91.1 Å². The number of hydrazine groups is 1. The third kappa shape index (κ3) is 7.94. The molecule has 45 heavy (non-hydrogen) atoms. The van der Waals surface area contributed by atoms with Crippen LogP contribution < -0.4 is 20.5 Å². The van der Waals surface area contributed by atoms with Gasteiger partial charge in [0.25, 0.3) is 11.8 Å². The number of benzene rings is 3.